The fraction of sp³-hybridized carbons (Fsp3) is 0.143. The van der Waals surface area contributed by atoms with Gasteiger partial charge in [-0.2, -0.15) is 0 Å². The van der Waals surface area contributed by atoms with Gasteiger partial charge in [-0.05, 0) is 37.3 Å². The third-order valence-corrected chi connectivity index (χ3v) is 4.00. The van der Waals surface area contributed by atoms with E-state index in [0.29, 0.717) is 23.1 Å². The first-order chi connectivity index (χ1) is 12.6. The molecule has 0 saturated heterocycles. The molecule has 0 radical (unpaired) electrons. The highest BCUT2D eigenvalue weighted by Gasteiger charge is 2.09. The number of nitrogens with zero attached hydrogens (tertiary/aromatic N) is 1. The van der Waals surface area contributed by atoms with Gasteiger partial charge in [0.15, 0.2) is 6.61 Å². The van der Waals surface area contributed by atoms with Crippen LogP contribution in [0.15, 0.2) is 72.2 Å². The fourth-order valence-corrected chi connectivity index (χ4v) is 2.68. The summed E-state index contributed by atoms with van der Waals surface area (Å²) in [7, 11) is 0. The molecule has 0 unspecified atom stereocenters. The van der Waals surface area contributed by atoms with E-state index in [4.69, 9.17) is 4.74 Å². The van der Waals surface area contributed by atoms with Gasteiger partial charge >= 0.3 is 0 Å². The number of rotatable bonds is 6. The third kappa shape index (κ3) is 3.83. The number of benzene rings is 2. The van der Waals surface area contributed by atoms with Crippen molar-refractivity contribution in [1.29, 1.82) is 0 Å². The molecule has 26 heavy (non-hydrogen) atoms. The highest BCUT2D eigenvalue weighted by Crippen LogP contribution is 2.23. The lowest BCUT2D eigenvalue weighted by molar-refractivity contribution is -0.118. The van der Waals surface area contributed by atoms with Crippen molar-refractivity contribution in [2.45, 2.75) is 13.5 Å². The van der Waals surface area contributed by atoms with E-state index in [1.807, 2.05) is 37.3 Å². The van der Waals surface area contributed by atoms with Gasteiger partial charge in [-0.1, -0.05) is 29.8 Å². The topological polar surface area (TPSA) is 60.3 Å². The molecule has 0 fully saturated rings. The number of nitrogens with one attached hydrogen (secondary N) is 1. The lowest BCUT2D eigenvalue weighted by Gasteiger charge is -2.11. The number of fused-ring (bicyclic) bond motifs is 1. The number of carbonyl (C=O) groups is 1. The molecular weight excluding hydrogens is 328 g/mol. The Bertz CT molecular complexity index is 1000. The number of amides is 1. The first-order valence-electron chi connectivity index (χ1n) is 8.31. The molecule has 0 spiro atoms. The van der Waals surface area contributed by atoms with Crippen molar-refractivity contribution in [2.75, 3.05) is 11.9 Å². The summed E-state index contributed by atoms with van der Waals surface area (Å²) in [4.78, 5) is 24.6. The van der Waals surface area contributed by atoms with E-state index in [9.17, 15) is 9.59 Å². The summed E-state index contributed by atoms with van der Waals surface area (Å²) < 4.78 is 7.22. The molecule has 0 saturated carbocycles. The molecule has 5 nitrogen and oxygen atoms in total. The van der Waals surface area contributed by atoms with Crippen molar-refractivity contribution in [1.82, 2.24) is 4.57 Å². The molecule has 2 aromatic carbocycles. The van der Waals surface area contributed by atoms with Crippen LogP contribution in [0.1, 0.15) is 5.56 Å². The average Bonchev–Trinajstić information content (AvgIpc) is 2.64. The predicted molar refractivity (Wildman–Crippen MR) is 104 cm³/mol. The second-order valence-corrected chi connectivity index (χ2v) is 5.98. The number of aryl methyl sites for hydroxylation is 1. The molecule has 0 aliphatic rings. The van der Waals surface area contributed by atoms with Gasteiger partial charge in [0.2, 0.25) is 0 Å². The van der Waals surface area contributed by atoms with E-state index in [1.54, 1.807) is 35.0 Å². The Labute approximate surface area is 151 Å². The summed E-state index contributed by atoms with van der Waals surface area (Å²) in [5.41, 5.74) is 1.73. The standard InChI is InChI=1S/C21H20N2O3/c1-3-12-23-13-11-17-18(21(23)25)5-4-6-19(17)26-14-20(24)22-16-9-7-15(2)8-10-16/h3-11,13H,1,12,14H2,2H3,(H,22,24). The number of anilines is 1. The van der Waals surface area contributed by atoms with Crippen molar-refractivity contribution < 1.29 is 9.53 Å². The van der Waals surface area contributed by atoms with E-state index in [2.05, 4.69) is 11.9 Å². The van der Waals surface area contributed by atoms with Crippen LogP contribution < -0.4 is 15.6 Å². The normalized spacial score (nSPS) is 10.5. The molecule has 0 aliphatic carbocycles. The minimum Gasteiger partial charge on any atom is -0.483 e. The molecule has 3 rings (SSSR count). The maximum atomic E-state index is 12.5. The largest absolute Gasteiger partial charge is 0.483 e. The smallest absolute Gasteiger partial charge is 0.262 e. The Morgan fingerprint density at radius 2 is 1.92 bits per heavy atom. The molecule has 3 aromatic rings. The Balaban J connectivity index is 1.75. The van der Waals surface area contributed by atoms with Crippen LogP contribution in [0.5, 0.6) is 5.75 Å². The number of hydrogen-bond acceptors (Lipinski definition) is 3. The molecule has 1 heterocycles. The predicted octanol–water partition coefficient (Wildman–Crippen LogP) is 3.51. The van der Waals surface area contributed by atoms with Gasteiger partial charge in [0, 0.05) is 23.8 Å². The van der Waals surface area contributed by atoms with Crippen LogP contribution in [0.25, 0.3) is 10.8 Å². The first kappa shape index (κ1) is 17.5. The summed E-state index contributed by atoms with van der Waals surface area (Å²) in [5, 5.41) is 4.01. The van der Waals surface area contributed by atoms with Crippen LogP contribution in [0, 0.1) is 6.92 Å². The fourth-order valence-electron chi connectivity index (χ4n) is 2.68. The second kappa shape index (κ2) is 7.70. The number of hydrogen-bond donors (Lipinski definition) is 1. The second-order valence-electron chi connectivity index (χ2n) is 5.98. The monoisotopic (exact) mass is 348 g/mol. The number of pyridine rings is 1. The van der Waals surface area contributed by atoms with Crippen molar-refractivity contribution >= 4 is 22.4 Å². The zero-order chi connectivity index (χ0) is 18.5. The summed E-state index contributed by atoms with van der Waals surface area (Å²) in [5.74, 6) is 0.246. The molecule has 132 valence electrons. The molecule has 0 bridgehead atoms. The van der Waals surface area contributed by atoms with E-state index in [-0.39, 0.29) is 18.1 Å². The summed E-state index contributed by atoms with van der Waals surface area (Å²) >= 11 is 0. The quantitative estimate of drug-likeness (QED) is 0.694. The van der Waals surface area contributed by atoms with Crippen LogP contribution in [0.3, 0.4) is 0 Å². The summed E-state index contributed by atoms with van der Waals surface area (Å²) in [6, 6.07) is 14.6. The van der Waals surface area contributed by atoms with Gasteiger partial charge in [0.1, 0.15) is 5.75 Å². The lowest BCUT2D eigenvalue weighted by atomic mass is 10.1. The van der Waals surface area contributed by atoms with Crippen LogP contribution >= 0.6 is 0 Å². The zero-order valence-electron chi connectivity index (χ0n) is 14.6. The minimum atomic E-state index is -0.258. The summed E-state index contributed by atoms with van der Waals surface area (Å²) in [6.07, 6.45) is 3.37. The highest BCUT2D eigenvalue weighted by molar-refractivity contribution is 5.92. The third-order valence-electron chi connectivity index (χ3n) is 4.00. The van der Waals surface area contributed by atoms with Crippen molar-refractivity contribution in [2.24, 2.45) is 0 Å². The number of ether oxygens (including phenoxy) is 1. The van der Waals surface area contributed by atoms with Crippen LogP contribution in [-0.4, -0.2) is 17.1 Å². The molecule has 1 aromatic heterocycles. The molecular formula is C21H20N2O3. The van der Waals surface area contributed by atoms with Gasteiger partial charge < -0.3 is 14.6 Å². The first-order valence-corrected chi connectivity index (χ1v) is 8.31. The van der Waals surface area contributed by atoms with Crippen LogP contribution in [-0.2, 0) is 11.3 Å². The SMILES string of the molecule is C=CCn1ccc2c(OCC(=O)Nc3ccc(C)cc3)cccc2c1=O. The van der Waals surface area contributed by atoms with E-state index >= 15 is 0 Å². The van der Waals surface area contributed by atoms with Gasteiger partial charge in [0.05, 0.1) is 5.39 Å². The van der Waals surface area contributed by atoms with Crippen molar-refractivity contribution in [3.8, 4) is 5.75 Å². The molecule has 0 atom stereocenters. The summed E-state index contributed by atoms with van der Waals surface area (Å²) in [6.45, 7) is 5.95. The Hall–Kier alpha value is -3.34. The van der Waals surface area contributed by atoms with Crippen LogP contribution in [0.2, 0.25) is 0 Å². The molecule has 5 heteroatoms. The number of allylic oxidation sites excluding steroid dienone is 1. The number of aromatic nitrogens is 1. The minimum absolute atomic E-state index is 0.114. The maximum Gasteiger partial charge on any atom is 0.262 e. The Morgan fingerprint density at radius 1 is 1.15 bits per heavy atom. The van der Waals surface area contributed by atoms with E-state index < -0.39 is 0 Å². The molecule has 1 amide bonds. The van der Waals surface area contributed by atoms with E-state index in [1.165, 1.54) is 0 Å². The molecule has 0 aliphatic heterocycles. The highest BCUT2D eigenvalue weighted by atomic mass is 16.5. The van der Waals surface area contributed by atoms with Crippen LogP contribution in [0.4, 0.5) is 5.69 Å². The Kier molecular flexibility index (Phi) is 5.17. The number of carbonyl (C=O) groups excluding carboxylic acids is 1. The van der Waals surface area contributed by atoms with Crippen molar-refractivity contribution in [3.63, 3.8) is 0 Å². The van der Waals surface area contributed by atoms with Gasteiger partial charge in [0.25, 0.3) is 11.5 Å². The average molecular weight is 348 g/mol. The Morgan fingerprint density at radius 3 is 2.65 bits per heavy atom. The maximum absolute atomic E-state index is 12.5. The molecule has 1 N–H and O–H groups in total. The van der Waals surface area contributed by atoms with Gasteiger partial charge in [-0.15, -0.1) is 6.58 Å². The van der Waals surface area contributed by atoms with Gasteiger partial charge in [-0.25, -0.2) is 0 Å². The van der Waals surface area contributed by atoms with E-state index in [0.717, 1.165) is 11.3 Å². The van der Waals surface area contributed by atoms with Gasteiger partial charge in [-0.3, -0.25) is 9.59 Å². The van der Waals surface area contributed by atoms with Crippen molar-refractivity contribution in [3.05, 3.63) is 83.3 Å². The lowest BCUT2D eigenvalue weighted by Crippen LogP contribution is -2.21. The zero-order valence-corrected chi connectivity index (χ0v) is 14.6.